The van der Waals surface area contributed by atoms with Gasteiger partial charge in [0.05, 0.1) is 6.61 Å². The van der Waals surface area contributed by atoms with Crippen molar-refractivity contribution in [3.8, 4) is 0 Å². The van der Waals surface area contributed by atoms with Gasteiger partial charge in [-0.25, -0.2) is 0 Å². The molecule has 0 amide bonds. The van der Waals surface area contributed by atoms with Gasteiger partial charge in [0.25, 0.3) is 0 Å². The SMILES string of the molecule is COCCNCCc1nnc(C(C)(C)C)s1. The van der Waals surface area contributed by atoms with Gasteiger partial charge in [-0.15, -0.1) is 21.5 Å². The highest BCUT2D eigenvalue weighted by Crippen LogP contribution is 2.25. The fraction of sp³-hybridized carbons (Fsp3) is 0.818. The Kier molecular flexibility index (Phi) is 5.31. The van der Waals surface area contributed by atoms with Crippen molar-refractivity contribution >= 4 is 11.3 Å². The summed E-state index contributed by atoms with van der Waals surface area (Å²) in [7, 11) is 1.71. The molecule has 1 aromatic heterocycles. The smallest absolute Gasteiger partial charge is 0.122 e. The molecule has 1 N–H and O–H groups in total. The normalized spacial score (nSPS) is 12.0. The maximum Gasteiger partial charge on any atom is 0.122 e. The van der Waals surface area contributed by atoms with Crippen LogP contribution in [0.15, 0.2) is 0 Å². The molecule has 0 radical (unpaired) electrons. The Morgan fingerprint density at radius 1 is 1.25 bits per heavy atom. The summed E-state index contributed by atoms with van der Waals surface area (Å²) in [5.41, 5.74) is 0.111. The van der Waals surface area contributed by atoms with Crippen LogP contribution < -0.4 is 5.32 Å². The van der Waals surface area contributed by atoms with E-state index in [1.807, 2.05) is 0 Å². The van der Waals surface area contributed by atoms with Crippen LogP contribution in [-0.4, -0.2) is 37.0 Å². The van der Waals surface area contributed by atoms with Gasteiger partial charge in [-0.2, -0.15) is 0 Å². The third-order valence-corrected chi connectivity index (χ3v) is 3.52. The Balaban J connectivity index is 2.30. The van der Waals surface area contributed by atoms with Crippen LogP contribution in [0.3, 0.4) is 0 Å². The van der Waals surface area contributed by atoms with Gasteiger partial charge in [0.2, 0.25) is 0 Å². The van der Waals surface area contributed by atoms with Gasteiger partial charge >= 0.3 is 0 Å². The summed E-state index contributed by atoms with van der Waals surface area (Å²) in [6.07, 6.45) is 0.942. The number of aromatic nitrogens is 2. The zero-order valence-corrected chi connectivity index (χ0v) is 11.4. The van der Waals surface area contributed by atoms with Crippen LogP contribution in [0.25, 0.3) is 0 Å². The van der Waals surface area contributed by atoms with Gasteiger partial charge in [0.1, 0.15) is 10.0 Å². The molecule has 0 spiro atoms. The van der Waals surface area contributed by atoms with Crippen molar-refractivity contribution in [1.82, 2.24) is 15.5 Å². The molecular weight excluding hydrogens is 222 g/mol. The lowest BCUT2D eigenvalue weighted by Gasteiger charge is -2.12. The average Bonchev–Trinajstić information content (AvgIpc) is 2.65. The number of nitrogens with zero attached hydrogens (tertiary/aromatic N) is 2. The van der Waals surface area contributed by atoms with E-state index in [0.29, 0.717) is 0 Å². The van der Waals surface area contributed by atoms with Crippen molar-refractivity contribution in [1.29, 1.82) is 0 Å². The molecule has 4 nitrogen and oxygen atoms in total. The number of hydrogen-bond donors (Lipinski definition) is 1. The summed E-state index contributed by atoms with van der Waals surface area (Å²) < 4.78 is 4.96. The van der Waals surface area contributed by atoms with E-state index in [1.165, 1.54) is 0 Å². The zero-order chi connectivity index (χ0) is 12.0. The Morgan fingerprint density at radius 3 is 2.56 bits per heavy atom. The second-order valence-corrected chi connectivity index (χ2v) is 5.81. The molecule has 0 aliphatic heterocycles. The first-order chi connectivity index (χ1) is 7.54. The summed E-state index contributed by atoms with van der Waals surface area (Å²) in [5.74, 6) is 0. The molecule has 0 bridgehead atoms. The van der Waals surface area contributed by atoms with Crippen molar-refractivity contribution in [2.45, 2.75) is 32.6 Å². The first-order valence-electron chi connectivity index (χ1n) is 5.56. The van der Waals surface area contributed by atoms with E-state index in [9.17, 15) is 0 Å². The molecule has 1 aromatic rings. The molecule has 0 saturated carbocycles. The highest BCUT2D eigenvalue weighted by Gasteiger charge is 2.18. The van der Waals surface area contributed by atoms with Crippen LogP contribution in [0.1, 0.15) is 30.8 Å². The average molecular weight is 243 g/mol. The Labute approximate surface area is 101 Å². The second kappa shape index (κ2) is 6.27. The van der Waals surface area contributed by atoms with Gasteiger partial charge < -0.3 is 10.1 Å². The molecule has 92 valence electrons. The lowest BCUT2D eigenvalue weighted by molar-refractivity contribution is 0.199. The van der Waals surface area contributed by atoms with Crippen LogP contribution >= 0.6 is 11.3 Å². The minimum absolute atomic E-state index is 0.111. The topological polar surface area (TPSA) is 47.0 Å². The predicted octanol–water partition coefficient (Wildman–Crippen LogP) is 1.61. The van der Waals surface area contributed by atoms with Crippen molar-refractivity contribution < 1.29 is 4.74 Å². The molecule has 1 rings (SSSR count). The number of nitrogens with one attached hydrogen (secondary N) is 1. The Morgan fingerprint density at radius 2 is 2.00 bits per heavy atom. The van der Waals surface area contributed by atoms with E-state index in [-0.39, 0.29) is 5.41 Å². The predicted molar refractivity (Wildman–Crippen MR) is 67.1 cm³/mol. The summed E-state index contributed by atoms with van der Waals surface area (Å²) in [6.45, 7) is 9.06. The quantitative estimate of drug-likeness (QED) is 0.771. The van der Waals surface area contributed by atoms with Crippen LogP contribution in [0, 0.1) is 0 Å². The molecule has 16 heavy (non-hydrogen) atoms. The Hall–Kier alpha value is -0.520. The zero-order valence-electron chi connectivity index (χ0n) is 10.5. The van der Waals surface area contributed by atoms with Crippen LogP contribution in [0.5, 0.6) is 0 Å². The Bertz CT molecular complexity index is 306. The summed E-state index contributed by atoms with van der Waals surface area (Å²) in [6, 6.07) is 0. The number of hydrogen-bond acceptors (Lipinski definition) is 5. The number of ether oxygens (including phenoxy) is 1. The van der Waals surface area contributed by atoms with Crippen LogP contribution in [-0.2, 0) is 16.6 Å². The standard InChI is InChI=1S/C11H21N3OS/c1-11(2,3)10-14-13-9(16-10)5-6-12-7-8-15-4/h12H,5-8H2,1-4H3. The second-order valence-electron chi connectivity index (χ2n) is 4.74. The highest BCUT2D eigenvalue weighted by atomic mass is 32.1. The molecule has 0 aliphatic carbocycles. The van der Waals surface area contributed by atoms with E-state index < -0.39 is 0 Å². The molecule has 1 heterocycles. The number of methoxy groups -OCH3 is 1. The maximum atomic E-state index is 4.96. The van der Waals surface area contributed by atoms with E-state index in [2.05, 4.69) is 36.3 Å². The van der Waals surface area contributed by atoms with Crippen molar-refractivity contribution in [2.24, 2.45) is 0 Å². The van der Waals surface area contributed by atoms with E-state index >= 15 is 0 Å². The third-order valence-electron chi connectivity index (χ3n) is 2.11. The summed E-state index contributed by atoms with van der Waals surface area (Å²) in [4.78, 5) is 0. The lowest BCUT2D eigenvalue weighted by atomic mass is 9.98. The maximum absolute atomic E-state index is 4.96. The minimum Gasteiger partial charge on any atom is -0.383 e. The first-order valence-corrected chi connectivity index (χ1v) is 6.38. The fourth-order valence-electron chi connectivity index (χ4n) is 1.15. The van der Waals surface area contributed by atoms with E-state index in [0.717, 1.165) is 36.1 Å². The summed E-state index contributed by atoms with van der Waals surface area (Å²) >= 11 is 1.71. The largest absolute Gasteiger partial charge is 0.383 e. The highest BCUT2D eigenvalue weighted by molar-refractivity contribution is 7.11. The van der Waals surface area contributed by atoms with Crippen molar-refractivity contribution in [3.63, 3.8) is 0 Å². The minimum atomic E-state index is 0.111. The van der Waals surface area contributed by atoms with Gasteiger partial charge in [0, 0.05) is 32.0 Å². The van der Waals surface area contributed by atoms with Gasteiger partial charge in [0.15, 0.2) is 0 Å². The van der Waals surface area contributed by atoms with Gasteiger partial charge in [-0.3, -0.25) is 0 Å². The van der Waals surface area contributed by atoms with Gasteiger partial charge in [-0.05, 0) is 0 Å². The lowest BCUT2D eigenvalue weighted by Crippen LogP contribution is -2.21. The summed E-state index contributed by atoms with van der Waals surface area (Å²) in [5, 5.41) is 13.9. The van der Waals surface area contributed by atoms with Crippen LogP contribution in [0.4, 0.5) is 0 Å². The molecule has 0 unspecified atom stereocenters. The van der Waals surface area contributed by atoms with Gasteiger partial charge in [-0.1, -0.05) is 20.8 Å². The fourth-order valence-corrected chi connectivity index (χ4v) is 2.05. The molecule has 5 heteroatoms. The van der Waals surface area contributed by atoms with Crippen LogP contribution in [0.2, 0.25) is 0 Å². The van der Waals surface area contributed by atoms with E-state index in [4.69, 9.17) is 4.74 Å². The molecule has 0 fully saturated rings. The molecule has 0 aliphatic rings. The first kappa shape index (κ1) is 13.5. The van der Waals surface area contributed by atoms with E-state index in [1.54, 1.807) is 18.4 Å². The van der Waals surface area contributed by atoms with Crippen molar-refractivity contribution in [2.75, 3.05) is 26.8 Å². The molecule has 0 aromatic carbocycles. The number of rotatable bonds is 6. The molecular formula is C11H21N3OS. The van der Waals surface area contributed by atoms with Crippen molar-refractivity contribution in [3.05, 3.63) is 10.0 Å². The molecule has 0 saturated heterocycles. The monoisotopic (exact) mass is 243 g/mol. The third kappa shape index (κ3) is 4.55. The molecule has 0 atom stereocenters.